The molecule has 102 valence electrons. The van der Waals surface area contributed by atoms with Crippen LogP contribution in [0, 0.1) is 0 Å². The highest BCUT2D eigenvalue weighted by Gasteiger charge is 2.21. The van der Waals surface area contributed by atoms with Crippen molar-refractivity contribution in [3.63, 3.8) is 0 Å². The van der Waals surface area contributed by atoms with Crippen LogP contribution in [0.15, 0.2) is 18.2 Å². The van der Waals surface area contributed by atoms with Crippen molar-refractivity contribution < 1.29 is 14.3 Å². The van der Waals surface area contributed by atoms with Crippen molar-refractivity contribution in [1.29, 1.82) is 0 Å². The maximum absolute atomic E-state index is 12.0. The van der Waals surface area contributed by atoms with Crippen LogP contribution >= 0.6 is 0 Å². The molecule has 1 aromatic carbocycles. The van der Waals surface area contributed by atoms with Crippen LogP contribution in [-0.2, 0) is 4.79 Å². The molecule has 1 aliphatic rings. The lowest BCUT2D eigenvalue weighted by Crippen LogP contribution is -2.26. The van der Waals surface area contributed by atoms with Crippen molar-refractivity contribution in [1.82, 2.24) is 5.32 Å². The van der Waals surface area contributed by atoms with Gasteiger partial charge in [-0.15, -0.1) is 0 Å². The Hall–Kier alpha value is -1.88. The Morgan fingerprint density at radius 3 is 3.00 bits per heavy atom. The van der Waals surface area contributed by atoms with Crippen molar-refractivity contribution >= 4 is 17.4 Å². The number of ketones is 1. The lowest BCUT2D eigenvalue weighted by atomic mass is 10.1. The summed E-state index contributed by atoms with van der Waals surface area (Å²) in [5.41, 5.74) is 1.25. The molecule has 0 aromatic heterocycles. The summed E-state index contributed by atoms with van der Waals surface area (Å²) in [6.07, 6.45) is 0.353. The summed E-state index contributed by atoms with van der Waals surface area (Å²) < 4.78 is 5.52. The van der Waals surface area contributed by atoms with Crippen molar-refractivity contribution in [2.24, 2.45) is 0 Å². The summed E-state index contributed by atoms with van der Waals surface area (Å²) in [6, 6.07) is 5.21. The second kappa shape index (κ2) is 5.84. The van der Waals surface area contributed by atoms with Crippen LogP contribution < -0.4 is 15.0 Å². The van der Waals surface area contributed by atoms with Gasteiger partial charge in [-0.2, -0.15) is 0 Å². The highest BCUT2D eigenvalue weighted by atomic mass is 16.5. The topological polar surface area (TPSA) is 58.6 Å². The number of amides is 1. The Labute approximate surface area is 112 Å². The zero-order chi connectivity index (χ0) is 13.8. The van der Waals surface area contributed by atoms with E-state index >= 15 is 0 Å². The molecule has 1 aromatic rings. The van der Waals surface area contributed by atoms with E-state index in [1.165, 1.54) is 0 Å². The first kappa shape index (κ1) is 13.5. The van der Waals surface area contributed by atoms with E-state index in [2.05, 4.69) is 5.32 Å². The largest absolute Gasteiger partial charge is 0.491 e. The van der Waals surface area contributed by atoms with Crippen molar-refractivity contribution in [3.8, 4) is 5.75 Å². The van der Waals surface area contributed by atoms with E-state index in [0.717, 1.165) is 6.54 Å². The van der Waals surface area contributed by atoms with Crippen LogP contribution in [0.2, 0.25) is 0 Å². The van der Waals surface area contributed by atoms with Gasteiger partial charge in [-0.25, -0.2) is 0 Å². The van der Waals surface area contributed by atoms with Gasteiger partial charge >= 0.3 is 0 Å². The molecule has 0 saturated heterocycles. The van der Waals surface area contributed by atoms with E-state index in [9.17, 15) is 9.59 Å². The summed E-state index contributed by atoms with van der Waals surface area (Å²) in [6.45, 7) is 3.37. The van der Waals surface area contributed by atoms with Gasteiger partial charge in [-0.1, -0.05) is 6.92 Å². The molecule has 2 rings (SSSR count). The summed E-state index contributed by atoms with van der Waals surface area (Å²) in [5, 5.41) is 3.00. The Morgan fingerprint density at radius 2 is 2.26 bits per heavy atom. The number of hydrogen-bond donors (Lipinski definition) is 1. The van der Waals surface area contributed by atoms with Gasteiger partial charge in [0.15, 0.2) is 5.78 Å². The molecule has 1 heterocycles. The second-order valence-electron chi connectivity index (χ2n) is 4.44. The predicted molar refractivity (Wildman–Crippen MR) is 72.8 cm³/mol. The molecule has 0 saturated carbocycles. The minimum Gasteiger partial charge on any atom is -0.491 e. The minimum atomic E-state index is -0.00460. The lowest BCUT2D eigenvalue weighted by molar-refractivity contribution is -0.118. The number of carbonyl (C=O) groups is 2. The van der Waals surface area contributed by atoms with Crippen LogP contribution in [0.4, 0.5) is 5.69 Å². The molecule has 0 radical (unpaired) electrons. The number of rotatable bonds is 4. The van der Waals surface area contributed by atoms with Gasteiger partial charge in [-0.3, -0.25) is 9.59 Å². The highest BCUT2D eigenvalue weighted by molar-refractivity contribution is 6.01. The number of carbonyl (C=O) groups excluding carboxylic acids is 2. The van der Waals surface area contributed by atoms with Crippen molar-refractivity contribution in [3.05, 3.63) is 23.8 Å². The van der Waals surface area contributed by atoms with Crippen LogP contribution in [0.1, 0.15) is 23.7 Å². The van der Waals surface area contributed by atoms with E-state index in [4.69, 9.17) is 4.74 Å². The number of fused-ring (bicyclic) bond motifs is 1. The molecular weight excluding hydrogens is 244 g/mol. The van der Waals surface area contributed by atoms with Crippen LogP contribution in [0.3, 0.4) is 0 Å². The minimum absolute atomic E-state index is 0.00460. The number of ether oxygens (including phenoxy) is 1. The third-order valence-corrected chi connectivity index (χ3v) is 3.13. The number of hydrogen-bond acceptors (Lipinski definition) is 4. The van der Waals surface area contributed by atoms with Gasteiger partial charge in [0.25, 0.3) is 0 Å². The van der Waals surface area contributed by atoms with Crippen molar-refractivity contribution in [2.45, 2.75) is 13.3 Å². The molecule has 1 aliphatic heterocycles. The molecule has 0 aliphatic carbocycles. The predicted octanol–water partition coefficient (Wildman–Crippen LogP) is 1.22. The van der Waals surface area contributed by atoms with Gasteiger partial charge < -0.3 is 15.0 Å². The van der Waals surface area contributed by atoms with E-state index in [0.29, 0.717) is 36.6 Å². The fraction of sp³-hybridized carbons (Fsp3) is 0.429. The van der Waals surface area contributed by atoms with Gasteiger partial charge in [0.2, 0.25) is 5.91 Å². The monoisotopic (exact) mass is 262 g/mol. The molecule has 0 bridgehead atoms. The smallest absolute Gasteiger partial charge is 0.230 e. The molecule has 0 fully saturated rings. The third-order valence-electron chi connectivity index (χ3n) is 3.13. The number of benzene rings is 1. The van der Waals surface area contributed by atoms with E-state index in [1.807, 2.05) is 6.92 Å². The first-order valence-corrected chi connectivity index (χ1v) is 6.40. The number of Topliss-reactive ketones (excluding diaryl/α,β-unsaturated/α-hetero) is 1. The molecule has 5 heteroatoms. The molecule has 1 amide bonds. The summed E-state index contributed by atoms with van der Waals surface area (Å²) >= 11 is 0. The fourth-order valence-electron chi connectivity index (χ4n) is 1.97. The zero-order valence-corrected chi connectivity index (χ0v) is 11.2. The Bertz CT molecular complexity index is 499. The maximum Gasteiger partial charge on any atom is 0.230 e. The average molecular weight is 262 g/mol. The molecule has 5 nitrogen and oxygen atoms in total. The molecule has 19 heavy (non-hydrogen) atoms. The van der Waals surface area contributed by atoms with E-state index in [-0.39, 0.29) is 11.7 Å². The van der Waals surface area contributed by atoms with Crippen molar-refractivity contribution in [2.75, 3.05) is 31.6 Å². The first-order valence-electron chi connectivity index (χ1n) is 6.40. The SMILES string of the molecule is CCNCC(=O)c1ccc2c(c1)N(C)C(=O)CCO2. The summed E-state index contributed by atoms with van der Waals surface area (Å²) in [5.74, 6) is 0.651. The fourth-order valence-corrected chi connectivity index (χ4v) is 1.97. The standard InChI is InChI=1S/C14H18N2O3/c1-3-15-9-12(17)10-4-5-13-11(8-10)16(2)14(18)6-7-19-13/h4-5,8,15H,3,6-7,9H2,1-2H3. The number of nitrogens with zero attached hydrogens (tertiary/aromatic N) is 1. The first-order chi connectivity index (χ1) is 9.13. The van der Waals surface area contributed by atoms with Crippen LogP contribution in [0.25, 0.3) is 0 Å². The number of likely N-dealkylation sites (N-methyl/N-ethyl adjacent to an activating group) is 1. The second-order valence-corrected chi connectivity index (χ2v) is 4.44. The molecule has 0 unspecified atom stereocenters. The summed E-state index contributed by atoms with van der Waals surface area (Å²) in [7, 11) is 1.70. The number of anilines is 1. The van der Waals surface area contributed by atoms with Crippen LogP contribution in [-0.4, -0.2) is 38.4 Å². The lowest BCUT2D eigenvalue weighted by Gasteiger charge is -2.17. The Balaban J connectivity index is 2.28. The normalized spacial score (nSPS) is 14.6. The molecule has 0 atom stereocenters. The third kappa shape index (κ3) is 2.93. The molecular formula is C14H18N2O3. The quantitative estimate of drug-likeness (QED) is 0.829. The average Bonchev–Trinajstić information content (AvgIpc) is 2.56. The molecule has 0 spiro atoms. The van der Waals surface area contributed by atoms with Gasteiger partial charge in [0, 0.05) is 12.6 Å². The van der Waals surface area contributed by atoms with E-state index in [1.54, 1.807) is 30.1 Å². The Morgan fingerprint density at radius 1 is 1.47 bits per heavy atom. The Kier molecular flexibility index (Phi) is 4.16. The van der Waals surface area contributed by atoms with Gasteiger partial charge in [0.05, 0.1) is 25.3 Å². The maximum atomic E-state index is 12.0. The summed E-state index contributed by atoms with van der Waals surface area (Å²) in [4.78, 5) is 25.3. The van der Waals surface area contributed by atoms with Gasteiger partial charge in [0.1, 0.15) is 5.75 Å². The molecule has 1 N–H and O–H groups in total. The van der Waals surface area contributed by atoms with E-state index < -0.39 is 0 Å². The highest BCUT2D eigenvalue weighted by Crippen LogP contribution is 2.31. The zero-order valence-electron chi connectivity index (χ0n) is 11.2. The number of nitrogens with one attached hydrogen (secondary N) is 1. The van der Waals surface area contributed by atoms with Gasteiger partial charge in [-0.05, 0) is 24.7 Å². The van der Waals surface area contributed by atoms with Crippen LogP contribution in [0.5, 0.6) is 5.75 Å².